The number of carboxylic acids is 1. The van der Waals surface area contributed by atoms with Crippen LogP contribution in [0.15, 0.2) is 15.9 Å². The normalized spacial score (nSPS) is 21.8. The number of fused-ring (bicyclic) bond motifs is 3. The first-order chi connectivity index (χ1) is 12.3. The van der Waals surface area contributed by atoms with E-state index < -0.39 is 46.0 Å². The van der Waals surface area contributed by atoms with Gasteiger partial charge in [0.25, 0.3) is 0 Å². The van der Waals surface area contributed by atoms with Crippen LogP contribution in [0.5, 0.6) is 0 Å². The Morgan fingerprint density at radius 1 is 1.42 bits per heavy atom. The van der Waals surface area contributed by atoms with Crippen molar-refractivity contribution in [1.82, 2.24) is 4.57 Å². The van der Waals surface area contributed by atoms with Gasteiger partial charge in [-0.25, -0.2) is 18.0 Å². The number of carboxylic acid groups (broad SMARTS) is 1. The molecule has 3 N–H and O–H groups in total. The second-order valence-electron chi connectivity index (χ2n) is 6.32. The van der Waals surface area contributed by atoms with Gasteiger partial charge in [0.1, 0.15) is 29.1 Å². The second kappa shape index (κ2) is 5.92. The van der Waals surface area contributed by atoms with Crippen LogP contribution in [0.4, 0.5) is 18.9 Å². The lowest BCUT2D eigenvalue weighted by Crippen LogP contribution is -2.32. The molecular formula is C16H14F3N3O3S. The van der Waals surface area contributed by atoms with Crippen LogP contribution in [-0.2, 0) is 0 Å². The number of rotatable bonds is 3. The van der Waals surface area contributed by atoms with Gasteiger partial charge in [0.05, 0.1) is 15.9 Å². The highest BCUT2D eigenvalue weighted by atomic mass is 32.2. The van der Waals surface area contributed by atoms with E-state index in [1.807, 2.05) is 0 Å². The number of aromatic nitrogens is 1. The quantitative estimate of drug-likeness (QED) is 0.841. The van der Waals surface area contributed by atoms with Crippen molar-refractivity contribution in [2.75, 3.05) is 24.7 Å². The molecule has 0 spiro atoms. The van der Waals surface area contributed by atoms with E-state index in [0.29, 0.717) is 13.0 Å². The fourth-order valence-electron chi connectivity index (χ4n) is 3.55. The van der Waals surface area contributed by atoms with Crippen molar-refractivity contribution in [1.29, 1.82) is 0 Å². The summed E-state index contributed by atoms with van der Waals surface area (Å²) >= 11 is 0.848. The molecule has 2 atom stereocenters. The Balaban J connectivity index is 2.06. The van der Waals surface area contributed by atoms with Gasteiger partial charge in [0.2, 0.25) is 5.43 Å². The van der Waals surface area contributed by atoms with E-state index in [0.717, 1.165) is 22.4 Å². The molecule has 0 bridgehead atoms. The summed E-state index contributed by atoms with van der Waals surface area (Å²) in [5.74, 6) is -3.48. The summed E-state index contributed by atoms with van der Waals surface area (Å²) in [4.78, 5) is 25.4. The predicted molar refractivity (Wildman–Crippen MR) is 90.8 cm³/mol. The van der Waals surface area contributed by atoms with Crippen LogP contribution < -0.4 is 16.1 Å². The van der Waals surface area contributed by atoms with E-state index >= 15 is 4.39 Å². The van der Waals surface area contributed by atoms with Gasteiger partial charge in [-0.05, 0) is 12.5 Å². The molecule has 1 aromatic heterocycles. The fourth-order valence-corrected chi connectivity index (χ4v) is 4.66. The lowest BCUT2D eigenvalue weighted by Gasteiger charge is -2.34. The third-order valence-electron chi connectivity index (χ3n) is 4.74. The van der Waals surface area contributed by atoms with Gasteiger partial charge in [-0.1, -0.05) is 11.8 Å². The summed E-state index contributed by atoms with van der Waals surface area (Å²) in [7, 11) is 0. The third kappa shape index (κ3) is 2.25. The highest BCUT2D eigenvalue weighted by molar-refractivity contribution is 8.00. The number of anilines is 1. The maximum Gasteiger partial charge on any atom is 0.342 e. The minimum atomic E-state index is -1.51. The fraction of sp³-hybridized carbons (Fsp3) is 0.375. The van der Waals surface area contributed by atoms with E-state index in [-0.39, 0.29) is 28.8 Å². The van der Waals surface area contributed by atoms with Crippen molar-refractivity contribution in [2.45, 2.75) is 22.9 Å². The molecule has 10 heteroatoms. The van der Waals surface area contributed by atoms with Crippen LogP contribution in [0.25, 0.3) is 10.9 Å². The molecule has 0 aliphatic carbocycles. The van der Waals surface area contributed by atoms with Crippen LogP contribution in [0.1, 0.15) is 22.2 Å². The molecule has 138 valence electrons. The maximum absolute atomic E-state index is 15.2. The Labute approximate surface area is 149 Å². The molecule has 2 aromatic rings. The summed E-state index contributed by atoms with van der Waals surface area (Å²) in [5, 5.41) is 8.00. The second-order valence-corrected chi connectivity index (χ2v) is 7.49. The standard InChI is InChI=1S/C16H14F3N3O3S/c17-4-9-22-12-7(14(23)10(16(24)25)15(22)26-9)3-8(18)13(11(12)19)21-2-1-6(20)5-21/h3,6,9H,1-2,4-5,20H2,(H,24,25). The van der Waals surface area contributed by atoms with Gasteiger partial charge in [0.15, 0.2) is 5.82 Å². The molecule has 26 heavy (non-hydrogen) atoms. The summed E-state index contributed by atoms with van der Waals surface area (Å²) < 4.78 is 44.2. The number of hydrogen-bond acceptors (Lipinski definition) is 5. The van der Waals surface area contributed by atoms with Crippen molar-refractivity contribution >= 4 is 34.3 Å². The largest absolute Gasteiger partial charge is 0.477 e. The summed E-state index contributed by atoms with van der Waals surface area (Å²) in [6, 6.07) is 0.608. The summed E-state index contributed by atoms with van der Waals surface area (Å²) in [6.07, 6.45) is 0.565. The van der Waals surface area contributed by atoms with Crippen LogP contribution in [0.2, 0.25) is 0 Å². The van der Waals surface area contributed by atoms with Crippen LogP contribution in [0.3, 0.4) is 0 Å². The van der Waals surface area contributed by atoms with Gasteiger partial charge >= 0.3 is 5.97 Å². The number of benzene rings is 1. The number of aromatic carboxylic acids is 1. The first kappa shape index (κ1) is 17.2. The van der Waals surface area contributed by atoms with Crippen LogP contribution in [0, 0.1) is 11.6 Å². The smallest absolute Gasteiger partial charge is 0.342 e. The lowest BCUT2D eigenvalue weighted by molar-refractivity contribution is 0.0689. The average molecular weight is 385 g/mol. The van der Waals surface area contributed by atoms with Crippen LogP contribution in [-0.4, -0.2) is 41.4 Å². The molecule has 0 saturated carbocycles. The molecule has 1 fully saturated rings. The minimum Gasteiger partial charge on any atom is -0.477 e. The van der Waals surface area contributed by atoms with E-state index in [1.165, 1.54) is 4.90 Å². The van der Waals surface area contributed by atoms with Crippen molar-refractivity contribution in [3.05, 3.63) is 33.5 Å². The van der Waals surface area contributed by atoms with Crippen molar-refractivity contribution < 1.29 is 23.1 Å². The predicted octanol–water partition coefficient (Wildman–Crippen LogP) is 2.09. The van der Waals surface area contributed by atoms with Crippen molar-refractivity contribution in [2.24, 2.45) is 5.73 Å². The molecule has 0 radical (unpaired) electrons. The molecule has 3 heterocycles. The number of nitrogens with zero attached hydrogens (tertiary/aromatic N) is 2. The molecule has 4 rings (SSSR count). The number of carbonyl (C=O) groups is 1. The van der Waals surface area contributed by atoms with E-state index in [2.05, 4.69) is 0 Å². The Kier molecular flexibility index (Phi) is 3.92. The maximum atomic E-state index is 15.2. The Hall–Kier alpha value is -2.20. The highest BCUT2D eigenvalue weighted by Crippen LogP contribution is 2.48. The zero-order chi connectivity index (χ0) is 18.7. The van der Waals surface area contributed by atoms with Gasteiger partial charge in [-0.2, -0.15) is 0 Å². The first-order valence-electron chi connectivity index (χ1n) is 7.91. The van der Waals surface area contributed by atoms with Crippen molar-refractivity contribution in [3.8, 4) is 0 Å². The molecule has 1 aromatic carbocycles. The van der Waals surface area contributed by atoms with Gasteiger partial charge in [-0.15, -0.1) is 0 Å². The summed E-state index contributed by atoms with van der Waals surface area (Å²) in [6.45, 7) is -0.271. The number of pyridine rings is 1. The van der Waals surface area contributed by atoms with Crippen LogP contribution >= 0.6 is 11.8 Å². The van der Waals surface area contributed by atoms with E-state index in [1.54, 1.807) is 0 Å². The van der Waals surface area contributed by atoms with E-state index in [4.69, 9.17) is 5.73 Å². The zero-order valence-electron chi connectivity index (χ0n) is 13.3. The Morgan fingerprint density at radius 2 is 2.15 bits per heavy atom. The highest BCUT2D eigenvalue weighted by Gasteiger charge is 2.38. The number of halogens is 3. The molecule has 1 saturated heterocycles. The molecular weight excluding hydrogens is 371 g/mol. The van der Waals surface area contributed by atoms with Gasteiger partial charge < -0.3 is 20.3 Å². The third-order valence-corrected chi connectivity index (χ3v) is 5.97. The number of alkyl halides is 1. The molecule has 6 nitrogen and oxygen atoms in total. The lowest BCUT2D eigenvalue weighted by atomic mass is 10.1. The first-order valence-corrected chi connectivity index (χ1v) is 8.79. The molecule has 2 aliphatic heterocycles. The Bertz CT molecular complexity index is 1010. The topological polar surface area (TPSA) is 88.6 Å². The van der Waals surface area contributed by atoms with Crippen molar-refractivity contribution in [3.63, 3.8) is 0 Å². The minimum absolute atomic E-state index is 0.0211. The number of hydrogen-bond donors (Lipinski definition) is 2. The van der Waals surface area contributed by atoms with Gasteiger partial charge in [0, 0.05) is 19.1 Å². The molecule has 2 unspecified atom stereocenters. The average Bonchev–Trinajstić information content (AvgIpc) is 2.97. The Morgan fingerprint density at radius 3 is 2.73 bits per heavy atom. The van der Waals surface area contributed by atoms with E-state index in [9.17, 15) is 23.5 Å². The molecule has 2 aliphatic rings. The monoisotopic (exact) mass is 385 g/mol. The number of thioether (sulfide) groups is 1. The molecule has 0 amide bonds. The SMILES string of the molecule is NC1CCN(c2c(F)cc3c(=O)c(C(=O)O)c4n(c3c2F)C(CF)S4)C1. The summed E-state index contributed by atoms with van der Waals surface area (Å²) in [5.41, 5.74) is 3.63. The number of nitrogens with two attached hydrogens (primary N) is 1. The zero-order valence-corrected chi connectivity index (χ0v) is 14.2. The van der Waals surface area contributed by atoms with Gasteiger partial charge in [-0.3, -0.25) is 4.79 Å².